The third-order valence-corrected chi connectivity index (χ3v) is 4.01. The highest BCUT2D eigenvalue weighted by Crippen LogP contribution is 2.22. The first-order chi connectivity index (χ1) is 11.6. The van der Waals surface area contributed by atoms with Gasteiger partial charge >= 0.3 is 6.61 Å². The summed E-state index contributed by atoms with van der Waals surface area (Å²) in [4.78, 5) is 4.32. The number of rotatable bonds is 6. The summed E-state index contributed by atoms with van der Waals surface area (Å²) < 4.78 is 30.2. The van der Waals surface area contributed by atoms with E-state index in [4.69, 9.17) is 0 Å². The van der Waals surface area contributed by atoms with Crippen molar-refractivity contribution in [1.29, 1.82) is 0 Å². The van der Waals surface area contributed by atoms with Gasteiger partial charge in [-0.3, -0.25) is 0 Å². The number of nitrogens with zero attached hydrogens (tertiary/aromatic N) is 5. The van der Waals surface area contributed by atoms with Crippen molar-refractivity contribution in [2.45, 2.75) is 24.3 Å². The molecule has 24 heavy (non-hydrogen) atoms. The lowest BCUT2D eigenvalue weighted by molar-refractivity contribution is -0.0498. The fourth-order valence-electron chi connectivity index (χ4n) is 1.94. The molecule has 0 fully saturated rings. The summed E-state index contributed by atoms with van der Waals surface area (Å²) in [5.41, 5.74) is 1.75. The zero-order chi connectivity index (χ0) is 16.9. The van der Waals surface area contributed by atoms with Crippen molar-refractivity contribution in [2.24, 2.45) is 0 Å². The standard InChI is InChI=1S/C15H13F2N5OS/c1-10-2-7-14(18-8-10)24-9-13-19-20-21-22(13)11-3-5-12(6-4-11)23-15(16)17/h2-8,15H,9H2,1H3. The summed E-state index contributed by atoms with van der Waals surface area (Å²) >= 11 is 1.51. The Kier molecular flexibility index (Phi) is 4.99. The van der Waals surface area contributed by atoms with Gasteiger partial charge in [0.1, 0.15) is 5.75 Å². The number of ether oxygens (including phenoxy) is 1. The predicted molar refractivity (Wildman–Crippen MR) is 84.3 cm³/mol. The summed E-state index contributed by atoms with van der Waals surface area (Å²) in [5.74, 6) is 1.24. The quantitative estimate of drug-likeness (QED) is 0.637. The van der Waals surface area contributed by atoms with Crippen LogP contribution in [-0.2, 0) is 5.75 Å². The summed E-state index contributed by atoms with van der Waals surface area (Å²) in [6, 6.07) is 10.0. The van der Waals surface area contributed by atoms with Crippen LogP contribution in [0.5, 0.6) is 5.75 Å². The molecule has 3 rings (SSSR count). The highest BCUT2D eigenvalue weighted by molar-refractivity contribution is 7.98. The number of alkyl halides is 2. The Morgan fingerprint density at radius 2 is 1.96 bits per heavy atom. The number of tetrazole rings is 1. The molecule has 0 unspecified atom stereocenters. The minimum Gasteiger partial charge on any atom is -0.435 e. The van der Waals surface area contributed by atoms with Crippen LogP contribution in [-0.4, -0.2) is 31.8 Å². The molecule has 0 atom stereocenters. The van der Waals surface area contributed by atoms with Crippen molar-refractivity contribution in [3.8, 4) is 11.4 Å². The van der Waals surface area contributed by atoms with Gasteiger partial charge in [0.15, 0.2) is 5.82 Å². The second-order valence-electron chi connectivity index (χ2n) is 4.84. The number of hydrogen-bond acceptors (Lipinski definition) is 6. The molecule has 0 aliphatic heterocycles. The summed E-state index contributed by atoms with van der Waals surface area (Å²) in [7, 11) is 0. The normalized spacial score (nSPS) is 11.0. The first kappa shape index (κ1) is 16.3. The number of benzene rings is 1. The second kappa shape index (κ2) is 7.35. The highest BCUT2D eigenvalue weighted by atomic mass is 32.2. The van der Waals surface area contributed by atoms with Crippen LogP contribution in [0.3, 0.4) is 0 Å². The molecule has 0 spiro atoms. The van der Waals surface area contributed by atoms with Gasteiger partial charge in [-0.25, -0.2) is 4.98 Å². The minimum absolute atomic E-state index is 0.0848. The van der Waals surface area contributed by atoms with Crippen LogP contribution < -0.4 is 4.74 Å². The zero-order valence-electron chi connectivity index (χ0n) is 12.6. The van der Waals surface area contributed by atoms with E-state index < -0.39 is 6.61 Å². The Balaban J connectivity index is 1.71. The van der Waals surface area contributed by atoms with Crippen LogP contribution in [0.4, 0.5) is 8.78 Å². The minimum atomic E-state index is -2.85. The Morgan fingerprint density at radius 3 is 2.62 bits per heavy atom. The summed E-state index contributed by atoms with van der Waals surface area (Å²) in [6.45, 7) is -0.874. The van der Waals surface area contributed by atoms with E-state index >= 15 is 0 Å². The van der Waals surface area contributed by atoms with Gasteiger partial charge in [-0.05, 0) is 53.2 Å². The van der Waals surface area contributed by atoms with Crippen LogP contribution in [0.15, 0.2) is 47.6 Å². The van der Waals surface area contributed by atoms with Crippen molar-refractivity contribution in [2.75, 3.05) is 0 Å². The maximum absolute atomic E-state index is 12.2. The lowest BCUT2D eigenvalue weighted by Gasteiger charge is -2.07. The Bertz CT molecular complexity index is 792. The van der Waals surface area contributed by atoms with E-state index in [2.05, 4.69) is 25.2 Å². The number of aromatic nitrogens is 5. The Hall–Kier alpha value is -2.55. The molecule has 0 saturated heterocycles. The van der Waals surface area contributed by atoms with Gasteiger partial charge in [0.25, 0.3) is 0 Å². The molecule has 0 amide bonds. The molecule has 0 N–H and O–H groups in total. The second-order valence-corrected chi connectivity index (χ2v) is 5.84. The molecular weight excluding hydrogens is 336 g/mol. The van der Waals surface area contributed by atoms with Crippen LogP contribution in [0.1, 0.15) is 11.4 Å². The zero-order valence-corrected chi connectivity index (χ0v) is 13.5. The summed E-state index contributed by atoms with van der Waals surface area (Å²) in [5, 5.41) is 12.5. The average Bonchev–Trinajstić information content (AvgIpc) is 3.03. The maximum atomic E-state index is 12.2. The average molecular weight is 349 g/mol. The number of pyridine rings is 1. The van der Waals surface area contributed by atoms with Gasteiger partial charge in [-0.1, -0.05) is 17.8 Å². The van der Waals surface area contributed by atoms with E-state index in [9.17, 15) is 8.78 Å². The molecule has 0 saturated carbocycles. The van der Waals surface area contributed by atoms with Crippen molar-refractivity contribution in [3.63, 3.8) is 0 Å². The van der Waals surface area contributed by atoms with Gasteiger partial charge in [0.05, 0.1) is 16.5 Å². The van der Waals surface area contributed by atoms with E-state index in [0.717, 1.165) is 10.6 Å². The van der Waals surface area contributed by atoms with Crippen molar-refractivity contribution in [3.05, 3.63) is 54.0 Å². The third kappa shape index (κ3) is 4.05. The molecule has 0 radical (unpaired) electrons. The molecular formula is C15H13F2N5OS. The van der Waals surface area contributed by atoms with Crippen molar-refractivity contribution < 1.29 is 13.5 Å². The maximum Gasteiger partial charge on any atom is 0.387 e. The van der Waals surface area contributed by atoms with E-state index in [-0.39, 0.29) is 5.75 Å². The van der Waals surface area contributed by atoms with E-state index in [1.54, 1.807) is 23.0 Å². The molecule has 0 bridgehead atoms. The van der Waals surface area contributed by atoms with Crippen LogP contribution in [0, 0.1) is 6.92 Å². The van der Waals surface area contributed by atoms with Gasteiger partial charge in [0.2, 0.25) is 0 Å². The van der Waals surface area contributed by atoms with E-state index in [0.29, 0.717) is 17.3 Å². The lowest BCUT2D eigenvalue weighted by atomic mass is 10.3. The molecule has 0 aliphatic rings. The van der Waals surface area contributed by atoms with Crippen LogP contribution in [0.25, 0.3) is 5.69 Å². The molecule has 6 nitrogen and oxygen atoms in total. The number of hydrogen-bond donors (Lipinski definition) is 0. The van der Waals surface area contributed by atoms with E-state index in [1.807, 2.05) is 19.1 Å². The molecule has 2 heterocycles. The number of thioether (sulfide) groups is 1. The molecule has 124 valence electrons. The molecule has 2 aromatic heterocycles. The SMILES string of the molecule is Cc1ccc(SCc2nnnn2-c2ccc(OC(F)F)cc2)nc1. The van der Waals surface area contributed by atoms with Crippen molar-refractivity contribution >= 4 is 11.8 Å². The van der Waals surface area contributed by atoms with Gasteiger partial charge in [-0.2, -0.15) is 13.5 Å². The van der Waals surface area contributed by atoms with Crippen LogP contribution in [0.2, 0.25) is 0 Å². The van der Waals surface area contributed by atoms with Crippen molar-refractivity contribution in [1.82, 2.24) is 25.2 Å². The first-order valence-electron chi connectivity index (χ1n) is 7.00. The lowest BCUT2D eigenvalue weighted by Crippen LogP contribution is -2.04. The smallest absolute Gasteiger partial charge is 0.387 e. The predicted octanol–water partition coefficient (Wildman–Crippen LogP) is 3.26. The topological polar surface area (TPSA) is 65.7 Å². The van der Waals surface area contributed by atoms with Gasteiger partial charge in [0, 0.05) is 6.20 Å². The largest absolute Gasteiger partial charge is 0.435 e. The fraction of sp³-hybridized carbons (Fsp3) is 0.200. The Morgan fingerprint density at radius 1 is 1.17 bits per heavy atom. The summed E-state index contributed by atoms with van der Waals surface area (Å²) in [6.07, 6.45) is 1.80. The fourth-order valence-corrected chi connectivity index (χ4v) is 2.69. The molecule has 0 aliphatic carbocycles. The molecule has 1 aromatic carbocycles. The number of aryl methyl sites for hydroxylation is 1. The van der Waals surface area contributed by atoms with Crippen LogP contribution >= 0.6 is 11.8 Å². The number of halogens is 2. The van der Waals surface area contributed by atoms with Gasteiger partial charge < -0.3 is 4.74 Å². The van der Waals surface area contributed by atoms with E-state index in [1.165, 1.54) is 23.9 Å². The third-order valence-electron chi connectivity index (χ3n) is 3.07. The monoisotopic (exact) mass is 349 g/mol. The highest BCUT2D eigenvalue weighted by Gasteiger charge is 2.10. The first-order valence-corrected chi connectivity index (χ1v) is 7.98. The Labute approximate surface area is 140 Å². The van der Waals surface area contributed by atoms with Gasteiger partial charge in [-0.15, -0.1) is 5.10 Å². The molecule has 9 heteroatoms. The molecule has 3 aromatic rings.